The molecule has 5 heteroatoms. The molecule has 80 valence electrons. The van der Waals surface area contributed by atoms with E-state index in [1.54, 1.807) is 6.92 Å². The summed E-state index contributed by atoms with van der Waals surface area (Å²) in [7, 11) is 0. The minimum Gasteiger partial charge on any atom is -0.478 e. The third kappa shape index (κ3) is 7.30. The summed E-state index contributed by atoms with van der Waals surface area (Å²) >= 11 is 0. The molecule has 14 heavy (non-hydrogen) atoms. The van der Waals surface area contributed by atoms with E-state index >= 15 is 0 Å². The smallest absolute Gasteiger partial charge is 0.328 e. The molecule has 0 heterocycles. The first-order chi connectivity index (χ1) is 6.56. The first kappa shape index (κ1) is 12.6. The predicted octanol–water partition coefficient (Wildman–Crippen LogP) is -0.0956. The Labute approximate surface area is 82.4 Å². The number of aliphatic carboxylic acids is 1. The van der Waals surface area contributed by atoms with E-state index in [9.17, 15) is 9.59 Å². The first-order valence-corrected chi connectivity index (χ1v) is 4.38. The van der Waals surface area contributed by atoms with E-state index < -0.39 is 11.9 Å². The Morgan fingerprint density at radius 2 is 2.07 bits per heavy atom. The molecule has 3 N–H and O–H groups in total. The summed E-state index contributed by atoms with van der Waals surface area (Å²) in [5.74, 6) is -1.58. The summed E-state index contributed by atoms with van der Waals surface area (Å²) in [5.41, 5.74) is 0. The summed E-state index contributed by atoms with van der Waals surface area (Å²) in [6, 6.07) is -0.0619. The lowest BCUT2D eigenvalue weighted by Gasteiger charge is -2.10. The highest BCUT2D eigenvalue weighted by Crippen LogP contribution is 1.94. The number of hydrogen-bond acceptors (Lipinski definition) is 3. The van der Waals surface area contributed by atoms with E-state index in [-0.39, 0.29) is 12.6 Å². The quantitative estimate of drug-likeness (QED) is 0.524. The van der Waals surface area contributed by atoms with Crippen molar-refractivity contribution < 1.29 is 19.8 Å². The molecule has 0 aliphatic heterocycles. The number of nitrogens with one attached hydrogen (secondary N) is 1. The SMILES string of the molecule is CC(CCCO)NC(=O)C=CC(=O)O. The number of aliphatic hydroxyl groups excluding tert-OH is 1. The lowest BCUT2D eigenvalue weighted by atomic mass is 10.2. The second-order valence-electron chi connectivity index (χ2n) is 2.95. The predicted molar refractivity (Wildman–Crippen MR) is 50.7 cm³/mol. The van der Waals surface area contributed by atoms with Gasteiger partial charge in [0.25, 0.3) is 0 Å². The molecule has 0 radical (unpaired) electrons. The van der Waals surface area contributed by atoms with E-state index in [2.05, 4.69) is 5.32 Å². The fourth-order valence-electron chi connectivity index (χ4n) is 0.908. The van der Waals surface area contributed by atoms with Crippen LogP contribution in [0.5, 0.6) is 0 Å². The van der Waals surface area contributed by atoms with Gasteiger partial charge in [0.1, 0.15) is 0 Å². The van der Waals surface area contributed by atoms with Crippen molar-refractivity contribution >= 4 is 11.9 Å². The second kappa shape index (κ2) is 7.08. The molecule has 0 rings (SSSR count). The normalized spacial score (nSPS) is 12.7. The number of carboxylic acids is 1. The Kier molecular flexibility index (Phi) is 6.39. The molecule has 1 unspecified atom stereocenters. The maximum Gasteiger partial charge on any atom is 0.328 e. The molecule has 0 saturated carbocycles. The minimum absolute atomic E-state index is 0.0619. The molecule has 0 bridgehead atoms. The highest BCUT2D eigenvalue weighted by atomic mass is 16.4. The topological polar surface area (TPSA) is 86.6 Å². The van der Waals surface area contributed by atoms with Crippen molar-refractivity contribution in [3.05, 3.63) is 12.2 Å². The van der Waals surface area contributed by atoms with Crippen LogP contribution in [-0.4, -0.2) is 34.7 Å². The summed E-state index contributed by atoms with van der Waals surface area (Å²) < 4.78 is 0. The van der Waals surface area contributed by atoms with Crippen LogP contribution in [0.4, 0.5) is 0 Å². The third-order valence-electron chi connectivity index (χ3n) is 1.56. The van der Waals surface area contributed by atoms with Gasteiger partial charge in [-0.15, -0.1) is 0 Å². The summed E-state index contributed by atoms with van der Waals surface area (Å²) in [5, 5.41) is 19.3. The Morgan fingerprint density at radius 1 is 1.43 bits per heavy atom. The zero-order valence-corrected chi connectivity index (χ0v) is 8.06. The van der Waals surface area contributed by atoms with E-state index in [0.717, 1.165) is 12.2 Å². The Balaban J connectivity index is 3.76. The van der Waals surface area contributed by atoms with Crippen LogP contribution in [0.15, 0.2) is 12.2 Å². The van der Waals surface area contributed by atoms with E-state index in [0.29, 0.717) is 12.8 Å². The highest BCUT2D eigenvalue weighted by Gasteiger charge is 2.03. The lowest BCUT2D eigenvalue weighted by molar-refractivity contribution is -0.131. The van der Waals surface area contributed by atoms with Crippen LogP contribution in [-0.2, 0) is 9.59 Å². The zero-order valence-electron chi connectivity index (χ0n) is 8.06. The second-order valence-corrected chi connectivity index (χ2v) is 2.95. The van der Waals surface area contributed by atoms with Crippen molar-refractivity contribution in [2.45, 2.75) is 25.8 Å². The molecule has 0 aromatic carbocycles. The van der Waals surface area contributed by atoms with Gasteiger partial charge in [0.2, 0.25) is 5.91 Å². The highest BCUT2D eigenvalue weighted by molar-refractivity contribution is 5.93. The zero-order chi connectivity index (χ0) is 11.0. The van der Waals surface area contributed by atoms with Gasteiger partial charge < -0.3 is 15.5 Å². The fraction of sp³-hybridized carbons (Fsp3) is 0.556. The third-order valence-corrected chi connectivity index (χ3v) is 1.56. The Hall–Kier alpha value is -1.36. The van der Waals surface area contributed by atoms with Gasteiger partial charge in [0, 0.05) is 24.8 Å². The van der Waals surface area contributed by atoms with Crippen LogP contribution in [0.1, 0.15) is 19.8 Å². The van der Waals surface area contributed by atoms with Crippen LogP contribution in [0.25, 0.3) is 0 Å². The van der Waals surface area contributed by atoms with E-state index in [4.69, 9.17) is 10.2 Å². The number of amides is 1. The fourth-order valence-corrected chi connectivity index (χ4v) is 0.908. The molecule has 1 atom stereocenters. The molecule has 5 nitrogen and oxygen atoms in total. The van der Waals surface area contributed by atoms with Crippen molar-refractivity contribution in [2.24, 2.45) is 0 Å². The van der Waals surface area contributed by atoms with Crippen molar-refractivity contribution in [1.29, 1.82) is 0 Å². The molecule has 0 aliphatic carbocycles. The van der Waals surface area contributed by atoms with Gasteiger partial charge in [-0.1, -0.05) is 0 Å². The first-order valence-electron chi connectivity index (χ1n) is 4.38. The summed E-state index contributed by atoms with van der Waals surface area (Å²) in [6.07, 6.45) is 3.04. The van der Waals surface area contributed by atoms with Gasteiger partial charge in [0.15, 0.2) is 0 Å². The molecular formula is C9H15NO4. The largest absolute Gasteiger partial charge is 0.478 e. The van der Waals surface area contributed by atoms with Crippen LogP contribution in [0.3, 0.4) is 0 Å². The molecule has 0 spiro atoms. The number of carboxylic acid groups (broad SMARTS) is 1. The van der Waals surface area contributed by atoms with Crippen molar-refractivity contribution in [2.75, 3.05) is 6.61 Å². The van der Waals surface area contributed by atoms with Crippen molar-refractivity contribution in [3.8, 4) is 0 Å². The van der Waals surface area contributed by atoms with E-state index in [1.165, 1.54) is 0 Å². The number of aliphatic hydroxyl groups is 1. The Bertz CT molecular complexity index is 225. The van der Waals surface area contributed by atoms with Gasteiger partial charge in [0.05, 0.1) is 0 Å². The number of carbonyl (C=O) groups excluding carboxylic acids is 1. The van der Waals surface area contributed by atoms with Crippen molar-refractivity contribution in [1.82, 2.24) is 5.32 Å². The average Bonchev–Trinajstić information content (AvgIpc) is 2.11. The number of rotatable bonds is 6. The lowest BCUT2D eigenvalue weighted by Crippen LogP contribution is -2.31. The van der Waals surface area contributed by atoms with Gasteiger partial charge >= 0.3 is 5.97 Å². The monoisotopic (exact) mass is 201 g/mol. The van der Waals surface area contributed by atoms with Crippen LogP contribution in [0, 0.1) is 0 Å². The summed E-state index contributed by atoms with van der Waals surface area (Å²) in [4.78, 5) is 21.1. The van der Waals surface area contributed by atoms with Gasteiger partial charge in [-0.05, 0) is 19.8 Å². The molecular weight excluding hydrogens is 186 g/mol. The summed E-state index contributed by atoms with van der Waals surface area (Å²) in [6.45, 7) is 1.88. The van der Waals surface area contributed by atoms with Crippen LogP contribution in [0.2, 0.25) is 0 Å². The van der Waals surface area contributed by atoms with Gasteiger partial charge in [-0.25, -0.2) is 4.79 Å². The molecule has 0 fully saturated rings. The molecule has 0 aromatic rings. The van der Waals surface area contributed by atoms with Crippen LogP contribution < -0.4 is 5.32 Å². The van der Waals surface area contributed by atoms with E-state index in [1.807, 2.05) is 0 Å². The average molecular weight is 201 g/mol. The standard InChI is InChI=1S/C9H15NO4/c1-7(3-2-6-11)10-8(12)4-5-9(13)14/h4-5,7,11H,2-3,6H2,1H3,(H,10,12)(H,13,14). The van der Waals surface area contributed by atoms with Gasteiger partial charge in [-0.2, -0.15) is 0 Å². The molecule has 0 saturated heterocycles. The van der Waals surface area contributed by atoms with Gasteiger partial charge in [-0.3, -0.25) is 4.79 Å². The number of hydrogen-bond donors (Lipinski definition) is 3. The van der Waals surface area contributed by atoms with Crippen LogP contribution >= 0.6 is 0 Å². The minimum atomic E-state index is -1.15. The maximum atomic E-state index is 11.0. The van der Waals surface area contributed by atoms with Crippen molar-refractivity contribution in [3.63, 3.8) is 0 Å². The molecule has 1 amide bonds. The number of carbonyl (C=O) groups is 2. The molecule has 0 aliphatic rings. The maximum absolute atomic E-state index is 11.0. The Morgan fingerprint density at radius 3 is 2.57 bits per heavy atom. The molecule has 0 aromatic heterocycles.